The molecule has 1 saturated carbocycles. The Balaban J connectivity index is 2.38. The fourth-order valence-electron chi connectivity index (χ4n) is 2.77. The van der Waals surface area contributed by atoms with Gasteiger partial charge in [-0.2, -0.15) is 0 Å². The topological polar surface area (TPSA) is 0 Å². The third-order valence-corrected chi connectivity index (χ3v) is 3.42. The molecule has 1 aromatic carbocycles. The fourth-order valence-corrected chi connectivity index (χ4v) is 2.77. The van der Waals surface area contributed by atoms with Crippen molar-refractivity contribution in [3.05, 3.63) is 34.7 Å². The number of fused-ring (bicyclic) bond motifs is 2. The van der Waals surface area contributed by atoms with Gasteiger partial charge in [0, 0.05) is 0 Å². The summed E-state index contributed by atoms with van der Waals surface area (Å²) >= 11 is 0. The SMILES string of the molecule is C1=c2ccccc2=C2CCCC2C1. The van der Waals surface area contributed by atoms with Crippen LogP contribution in [0.3, 0.4) is 0 Å². The first-order valence-electron chi connectivity index (χ1n) is 5.23. The van der Waals surface area contributed by atoms with E-state index < -0.39 is 0 Å². The zero-order chi connectivity index (χ0) is 8.67. The molecule has 1 unspecified atom stereocenters. The van der Waals surface area contributed by atoms with Crippen molar-refractivity contribution in [2.75, 3.05) is 0 Å². The van der Waals surface area contributed by atoms with E-state index in [2.05, 4.69) is 30.3 Å². The van der Waals surface area contributed by atoms with Gasteiger partial charge in [0.15, 0.2) is 0 Å². The summed E-state index contributed by atoms with van der Waals surface area (Å²) in [5.41, 5.74) is 1.73. The van der Waals surface area contributed by atoms with Crippen molar-refractivity contribution in [2.45, 2.75) is 25.7 Å². The highest BCUT2D eigenvalue weighted by molar-refractivity contribution is 5.55. The second-order valence-corrected chi connectivity index (χ2v) is 4.14. The zero-order valence-electron chi connectivity index (χ0n) is 7.79. The first kappa shape index (κ1) is 7.37. The van der Waals surface area contributed by atoms with E-state index in [1.807, 2.05) is 0 Å². The summed E-state index contributed by atoms with van der Waals surface area (Å²) in [6, 6.07) is 8.85. The largest absolute Gasteiger partial charge is 0.0761 e. The zero-order valence-corrected chi connectivity index (χ0v) is 7.79. The van der Waals surface area contributed by atoms with E-state index in [9.17, 15) is 0 Å². The lowest BCUT2D eigenvalue weighted by atomic mass is 9.91. The van der Waals surface area contributed by atoms with Crippen molar-refractivity contribution >= 4 is 11.6 Å². The van der Waals surface area contributed by atoms with Crippen LogP contribution in [0, 0.1) is 5.92 Å². The van der Waals surface area contributed by atoms with Crippen molar-refractivity contribution in [3.63, 3.8) is 0 Å². The van der Waals surface area contributed by atoms with Crippen LogP contribution in [0.4, 0.5) is 0 Å². The van der Waals surface area contributed by atoms with Crippen LogP contribution in [-0.2, 0) is 0 Å². The van der Waals surface area contributed by atoms with Crippen LogP contribution in [0.15, 0.2) is 24.3 Å². The van der Waals surface area contributed by atoms with Crippen molar-refractivity contribution in [1.29, 1.82) is 0 Å². The minimum absolute atomic E-state index is 0.884. The molecule has 1 atom stereocenters. The molecule has 13 heavy (non-hydrogen) atoms. The maximum atomic E-state index is 2.41. The Kier molecular flexibility index (Phi) is 1.55. The first-order chi connectivity index (χ1) is 6.45. The number of benzene rings is 1. The fraction of sp³-hybridized carbons (Fsp3) is 0.385. The van der Waals surface area contributed by atoms with Gasteiger partial charge in [-0.15, -0.1) is 0 Å². The molecule has 0 aromatic heterocycles. The normalized spacial score (nSPS) is 24.9. The minimum Gasteiger partial charge on any atom is -0.0761 e. The quantitative estimate of drug-likeness (QED) is 0.557. The van der Waals surface area contributed by atoms with Gasteiger partial charge in [-0.3, -0.25) is 0 Å². The molecule has 0 heterocycles. The molecule has 0 nitrogen and oxygen atoms in total. The number of hydrogen-bond acceptors (Lipinski definition) is 0. The van der Waals surface area contributed by atoms with Gasteiger partial charge < -0.3 is 0 Å². The average molecular weight is 170 g/mol. The molecule has 3 rings (SSSR count). The Morgan fingerprint density at radius 3 is 3.08 bits per heavy atom. The third kappa shape index (κ3) is 1.05. The molecule has 1 aromatic rings. The van der Waals surface area contributed by atoms with E-state index in [1.54, 1.807) is 5.57 Å². The van der Waals surface area contributed by atoms with Crippen molar-refractivity contribution in [2.24, 2.45) is 5.92 Å². The molecular formula is C13H14. The van der Waals surface area contributed by atoms with Crippen LogP contribution in [0.2, 0.25) is 0 Å². The van der Waals surface area contributed by atoms with Gasteiger partial charge in [0.05, 0.1) is 0 Å². The van der Waals surface area contributed by atoms with E-state index in [-0.39, 0.29) is 0 Å². The Bertz CT molecular complexity index is 439. The molecule has 66 valence electrons. The maximum absolute atomic E-state index is 2.41. The van der Waals surface area contributed by atoms with Gasteiger partial charge in [0.25, 0.3) is 0 Å². The van der Waals surface area contributed by atoms with E-state index >= 15 is 0 Å². The molecule has 1 fully saturated rings. The Morgan fingerprint density at radius 2 is 2.08 bits per heavy atom. The van der Waals surface area contributed by atoms with Gasteiger partial charge >= 0.3 is 0 Å². The summed E-state index contributed by atoms with van der Waals surface area (Å²) in [5.74, 6) is 0.884. The predicted molar refractivity (Wildman–Crippen MR) is 55.5 cm³/mol. The smallest absolute Gasteiger partial charge is 0.0159 e. The number of hydrogen-bond donors (Lipinski definition) is 0. The van der Waals surface area contributed by atoms with Crippen LogP contribution in [-0.4, -0.2) is 0 Å². The number of rotatable bonds is 0. The van der Waals surface area contributed by atoms with E-state index in [0.29, 0.717) is 0 Å². The molecule has 0 spiro atoms. The molecule has 2 aliphatic rings. The average Bonchev–Trinajstić information content (AvgIpc) is 2.65. The monoisotopic (exact) mass is 170 g/mol. The lowest BCUT2D eigenvalue weighted by Gasteiger charge is -2.13. The molecule has 0 N–H and O–H groups in total. The summed E-state index contributed by atoms with van der Waals surface area (Å²) in [6.07, 6.45) is 7.86. The third-order valence-electron chi connectivity index (χ3n) is 3.42. The summed E-state index contributed by atoms with van der Waals surface area (Å²) in [7, 11) is 0. The maximum Gasteiger partial charge on any atom is -0.0159 e. The molecule has 0 amide bonds. The van der Waals surface area contributed by atoms with Crippen LogP contribution in [0.5, 0.6) is 0 Å². The van der Waals surface area contributed by atoms with Crippen LogP contribution < -0.4 is 10.4 Å². The Labute approximate surface area is 78.6 Å². The van der Waals surface area contributed by atoms with E-state index in [1.165, 1.54) is 36.1 Å². The second kappa shape index (κ2) is 2.73. The Hall–Kier alpha value is -1.04. The van der Waals surface area contributed by atoms with Crippen molar-refractivity contribution < 1.29 is 0 Å². The van der Waals surface area contributed by atoms with E-state index in [4.69, 9.17) is 0 Å². The van der Waals surface area contributed by atoms with Crippen LogP contribution in [0.25, 0.3) is 11.6 Å². The highest BCUT2D eigenvalue weighted by atomic mass is 14.3. The van der Waals surface area contributed by atoms with Gasteiger partial charge in [-0.05, 0) is 42.0 Å². The predicted octanol–water partition coefficient (Wildman–Crippen LogP) is 1.82. The van der Waals surface area contributed by atoms with Crippen molar-refractivity contribution in [1.82, 2.24) is 0 Å². The van der Waals surface area contributed by atoms with Crippen LogP contribution >= 0.6 is 0 Å². The standard InChI is InChI=1S/C13H14/c1-2-6-12-10(4-1)8-9-11-5-3-7-13(11)12/h1-2,4,6,8,11H,3,5,7,9H2. The van der Waals surface area contributed by atoms with Gasteiger partial charge in [0.2, 0.25) is 0 Å². The first-order valence-corrected chi connectivity index (χ1v) is 5.23. The second-order valence-electron chi connectivity index (χ2n) is 4.14. The summed E-state index contributed by atoms with van der Waals surface area (Å²) < 4.78 is 0. The minimum atomic E-state index is 0.884. The lowest BCUT2D eigenvalue weighted by Crippen LogP contribution is -2.30. The molecule has 0 radical (unpaired) electrons. The summed E-state index contributed by atoms with van der Waals surface area (Å²) in [6.45, 7) is 0. The lowest BCUT2D eigenvalue weighted by molar-refractivity contribution is 0.674. The molecule has 0 heteroatoms. The highest BCUT2D eigenvalue weighted by Gasteiger charge is 2.22. The highest BCUT2D eigenvalue weighted by Crippen LogP contribution is 2.34. The molecule has 2 aliphatic carbocycles. The van der Waals surface area contributed by atoms with E-state index in [0.717, 1.165) is 5.92 Å². The van der Waals surface area contributed by atoms with Gasteiger partial charge in [-0.25, -0.2) is 0 Å². The molecule has 0 aliphatic heterocycles. The molecular weight excluding hydrogens is 156 g/mol. The molecule has 0 saturated heterocycles. The van der Waals surface area contributed by atoms with Gasteiger partial charge in [-0.1, -0.05) is 35.9 Å². The summed E-state index contributed by atoms with van der Waals surface area (Å²) in [5, 5.41) is 3.01. The van der Waals surface area contributed by atoms with Gasteiger partial charge in [0.1, 0.15) is 0 Å². The molecule has 0 bridgehead atoms. The Morgan fingerprint density at radius 1 is 1.15 bits per heavy atom. The summed E-state index contributed by atoms with van der Waals surface area (Å²) in [4.78, 5) is 0. The van der Waals surface area contributed by atoms with Crippen molar-refractivity contribution in [3.8, 4) is 0 Å². The van der Waals surface area contributed by atoms with Crippen LogP contribution in [0.1, 0.15) is 25.7 Å².